The summed E-state index contributed by atoms with van der Waals surface area (Å²) < 4.78 is 32.8. The normalized spacial score (nSPS) is 12.0. The van der Waals surface area contributed by atoms with E-state index in [4.69, 9.17) is 4.52 Å². The molecule has 0 unspecified atom stereocenters. The van der Waals surface area contributed by atoms with Crippen LogP contribution in [0.4, 0.5) is 0 Å². The monoisotopic (exact) mass is 577 g/mol. The van der Waals surface area contributed by atoms with Gasteiger partial charge in [-0.3, -0.25) is 0 Å². The summed E-state index contributed by atoms with van der Waals surface area (Å²) >= 11 is 0. The van der Waals surface area contributed by atoms with Crippen molar-refractivity contribution in [1.29, 1.82) is 0 Å². The number of hydrogen-bond donors (Lipinski definition) is 3. The fourth-order valence-electron chi connectivity index (χ4n) is 3.27. The van der Waals surface area contributed by atoms with Crippen LogP contribution in [0.3, 0.4) is 0 Å². The van der Waals surface area contributed by atoms with Gasteiger partial charge in [-0.2, -0.15) is 0 Å². The molecule has 0 saturated heterocycles. The van der Waals surface area contributed by atoms with Crippen LogP contribution in [0.2, 0.25) is 0 Å². The van der Waals surface area contributed by atoms with Gasteiger partial charge in [0.15, 0.2) is 5.96 Å². The molecule has 1 heterocycles. The number of rotatable bonds is 11. The molecule has 0 atom stereocenters. The van der Waals surface area contributed by atoms with Gasteiger partial charge in [-0.05, 0) is 38.3 Å². The predicted octanol–water partition coefficient (Wildman–Crippen LogP) is 3.50. The zero-order valence-electron chi connectivity index (χ0n) is 19.6. The Bertz CT molecular complexity index is 952. The van der Waals surface area contributed by atoms with Crippen LogP contribution in [-0.4, -0.2) is 32.1 Å². The molecule has 0 fully saturated rings. The zero-order chi connectivity index (χ0) is 22.9. The highest BCUT2D eigenvalue weighted by molar-refractivity contribution is 14.0. The molecule has 2 aromatic rings. The number of aromatic nitrogens is 1. The number of benzene rings is 1. The van der Waals surface area contributed by atoms with Crippen molar-refractivity contribution >= 4 is 40.0 Å². The van der Waals surface area contributed by atoms with Crippen LogP contribution < -0.4 is 15.4 Å². The lowest BCUT2D eigenvalue weighted by Crippen LogP contribution is -2.37. The van der Waals surface area contributed by atoms with Crippen molar-refractivity contribution in [2.24, 2.45) is 4.99 Å². The Morgan fingerprint density at radius 1 is 1.09 bits per heavy atom. The minimum atomic E-state index is -3.41. The minimum Gasteiger partial charge on any atom is -0.361 e. The Kier molecular flexibility index (Phi) is 12.2. The van der Waals surface area contributed by atoms with Crippen molar-refractivity contribution in [1.82, 2.24) is 20.5 Å². The number of nitrogens with one attached hydrogen (secondary N) is 3. The second kappa shape index (κ2) is 13.8. The van der Waals surface area contributed by atoms with Gasteiger partial charge in [0.2, 0.25) is 10.0 Å². The van der Waals surface area contributed by atoms with Gasteiger partial charge < -0.3 is 15.2 Å². The first-order valence-electron chi connectivity index (χ1n) is 10.8. The lowest BCUT2D eigenvalue weighted by Gasteiger charge is -2.14. The number of guanidine groups is 1. The van der Waals surface area contributed by atoms with Gasteiger partial charge in [-0.25, -0.2) is 18.1 Å². The van der Waals surface area contributed by atoms with Gasteiger partial charge in [0.25, 0.3) is 0 Å². The van der Waals surface area contributed by atoms with Crippen molar-refractivity contribution in [3.63, 3.8) is 0 Å². The molecular weight excluding hydrogens is 541 g/mol. The average molecular weight is 578 g/mol. The number of sulfonamides is 1. The van der Waals surface area contributed by atoms with Crippen LogP contribution in [-0.2, 0) is 41.7 Å². The van der Waals surface area contributed by atoms with E-state index < -0.39 is 10.0 Å². The Morgan fingerprint density at radius 2 is 1.78 bits per heavy atom. The maximum atomic E-state index is 12.4. The van der Waals surface area contributed by atoms with Crippen LogP contribution in [0.5, 0.6) is 0 Å². The van der Waals surface area contributed by atoms with Crippen molar-refractivity contribution in [2.45, 2.75) is 72.3 Å². The topological polar surface area (TPSA) is 109 Å². The molecule has 0 amide bonds. The highest BCUT2D eigenvalue weighted by atomic mass is 127. The summed E-state index contributed by atoms with van der Waals surface area (Å²) in [6, 6.07) is 7.36. The Morgan fingerprint density at radius 3 is 2.38 bits per heavy atom. The van der Waals surface area contributed by atoms with Crippen LogP contribution >= 0.6 is 24.0 Å². The summed E-state index contributed by atoms with van der Waals surface area (Å²) in [5.41, 5.74) is 3.65. The number of aryl methyl sites for hydroxylation is 2. The maximum absolute atomic E-state index is 12.4. The van der Waals surface area contributed by atoms with Crippen molar-refractivity contribution in [3.05, 3.63) is 52.4 Å². The van der Waals surface area contributed by atoms with E-state index in [1.54, 1.807) is 0 Å². The predicted molar refractivity (Wildman–Crippen MR) is 140 cm³/mol. The smallest absolute Gasteiger partial charge is 0.216 e. The molecule has 2 rings (SSSR count). The third-order valence-corrected chi connectivity index (χ3v) is 6.19. The third kappa shape index (κ3) is 8.70. The van der Waals surface area contributed by atoms with E-state index in [1.165, 1.54) is 0 Å². The SMILES string of the molecule is CCNC(=NCc1ccccc1CS(=O)(=O)NC(C)C)NCc1c(CC)noc1CC.I. The van der Waals surface area contributed by atoms with E-state index in [1.807, 2.05) is 52.0 Å². The fourth-order valence-corrected chi connectivity index (χ4v) is 4.77. The summed E-state index contributed by atoms with van der Waals surface area (Å²) in [6.45, 7) is 11.4. The van der Waals surface area contributed by atoms with Crippen LogP contribution in [0.25, 0.3) is 0 Å². The van der Waals surface area contributed by atoms with E-state index in [0.717, 1.165) is 41.0 Å². The van der Waals surface area contributed by atoms with Crippen LogP contribution in [0, 0.1) is 0 Å². The minimum absolute atomic E-state index is 0. The second-order valence-electron chi connectivity index (χ2n) is 7.59. The quantitative estimate of drug-likeness (QED) is 0.214. The van der Waals surface area contributed by atoms with Gasteiger partial charge in [0.05, 0.1) is 18.0 Å². The fraction of sp³-hybridized carbons (Fsp3) is 0.545. The van der Waals surface area contributed by atoms with Gasteiger partial charge in [0, 0.05) is 31.1 Å². The molecule has 0 aliphatic rings. The van der Waals surface area contributed by atoms with Crippen molar-refractivity contribution < 1.29 is 12.9 Å². The second-order valence-corrected chi connectivity index (χ2v) is 9.34. The molecule has 32 heavy (non-hydrogen) atoms. The highest BCUT2D eigenvalue weighted by Crippen LogP contribution is 2.16. The molecule has 8 nitrogen and oxygen atoms in total. The molecule has 0 radical (unpaired) electrons. The van der Waals surface area contributed by atoms with E-state index in [-0.39, 0.29) is 35.8 Å². The van der Waals surface area contributed by atoms with Crippen LogP contribution in [0.15, 0.2) is 33.8 Å². The van der Waals surface area contributed by atoms with Crippen molar-refractivity contribution in [3.8, 4) is 0 Å². The molecule has 10 heteroatoms. The van der Waals surface area contributed by atoms with Gasteiger partial charge in [-0.15, -0.1) is 24.0 Å². The lowest BCUT2D eigenvalue weighted by atomic mass is 10.1. The summed E-state index contributed by atoms with van der Waals surface area (Å²) in [6.07, 6.45) is 1.59. The highest BCUT2D eigenvalue weighted by Gasteiger charge is 2.16. The molecule has 3 N–H and O–H groups in total. The molecule has 1 aromatic heterocycles. The first kappa shape index (κ1) is 28.4. The molecule has 180 valence electrons. The number of hydrogen-bond acceptors (Lipinski definition) is 5. The van der Waals surface area contributed by atoms with Crippen molar-refractivity contribution in [2.75, 3.05) is 6.54 Å². The van der Waals surface area contributed by atoms with Crippen LogP contribution in [0.1, 0.15) is 62.8 Å². The van der Waals surface area contributed by atoms with Gasteiger partial charge in [-0.1, -0.05) is 43.3 Å². The summed E-state index contributed by atoms with van der Waals surface area (Å²) in [5, 5.41) is 10.7. The standard InChI is InChI=1S/C22H35N5O3S.HI/c1-6-20-19(21(7-2)30-26-20)14-25-22(23-8-3)24-13-17-11-9-10-12-18(17)15-31(28,29)27-16(4)5;/h9-12,16,27H,6-8,13-15H2,1-5H3,(H2,23,24,25);1H. The lowest BCUT2D eigenvalue weighted by molar-refractivity contribution is 0.380. The molecule has 0 saturated carbocycles. The van der Waals surface area contributed by atoms with Gasteiger partial charge >= 0.3 is 0 Å². The van der Waals surface area contributed by atoms with Gasteiger partial charge in [0.1, 0.15) is 5.76 Å². The Balaban J connectivity index is 0.00000512. The van der Waals surface area contributed by atoms with E-state index >= 15 is 0 Å². The van der Waals surface area contributed by atoms with E-state index in [0.29, 0.717) is 25.6 Å². The Labute approximate surface area is 209 Å². The number of aliphatic imine (C=N–C) groups is 1. The zero-order valence-corrected chi connectivity index (χ0v) is 22.7. The molecule has 1 aromatic carbocycles. The third-order valence-electron chi connectivity index (χ3n) is 4.67. The number of nitrogens with zero attached hydrogens (tertiary/aromatic N) is 2. The largest absolute Gasteiger partial charge is 0.361 e. The molecule has 0 bridgehead atoms. The summed E-state index contributed by atoms with van der Waals surface area (Å²) in [4.78, 5) is 4.67. The molecule has 0 aliphatic carbocycles. The number of halogens is 1. The maximum Gasteiger partial charge on any atom is 0.216 e. The molecular formula is C22H36IN5O3S. The van der Waals surface area contributed by atoms with E-state index in [9.17, 15) is 8.42 Å². The summed E-state index contributed by atoms with van der Waals surface area (Å²) in [7, 11) is -3.41. The average Bonchev–Trinajstić information content (AvgIpc) is 3.11. The first-order chi connectivity index (χ1) is 14.8. The molecule has 0 aliphatic heterocycles. The summed E-state index contributed by atoms with van der Waals surface area (Å²) in [5.74, 6) is 1.47. The molecule has 0 spiro atoms. The Hall–Kier alpha value is -1.66. The van der Waals surface area contributed by atoms with E-state index in [2.05, 4.69) is 32.4 Å². The first-order valence-corrected chi connectivity index (χ1v) is 12.5.